The minimum atomic E-state index is 0.716. The summed E-state index contributed by atoms with van der Waals surface area (Å²) in [4.78, 5) is 13.5. The highest BCUT2D eigenvalue weighted by Gasteiger charge is 2.13. The molecule has 0 spiro atoms. The summed E-state index contributed by atoms with van der Waals surface area (Å²) in [6.07, 6.45) is 4.49. The molecule has 0 saturated heterocycles. The van der Waals surface area contributed by atoms with E-state index >= 15 is 0 Å². The molecule has 0 aliphatic rings. The van der Waals surface area contributed by atoms with E-state index in [9.17, 15) is 0 Å². The molecule has 3 aromatic heterocycles. The smallest absolute Gasteiger partial charge is 0.161 e. The maximum Gasteiger partial charge on any atom is 0.161 e. The van der Waals surface area contributed by atoms with Crippen molar-refractivity contribution in [2.24, 2.45) is 0 Å². The largest absolute Gasteiger partial charge is 0.385 e. The molecule has 0 aliphatic heterocycles. The van der Waals surface area contributed by atoms with E-state index in [0.29, 0.717) is 6.61 Å². The van der Waals surface area contributed by atoms with Gasteiger partial charge in [0.1, 0.15) is 11.2 Å². The van der Waals surface area contributed by atoms with Gasteiger partial charge in [0.25, 0.3) is 0 Å². The quantitative estimate of drug-likeness (QED) is 0.667. The van der Waals surface area contributed by atoms with Gasteiger partial charge in [-0.1, -0.05) is 6.07 Å². The van der Waals surface area contributed by atoms with E-state index in [2.05, 4.69) is 19.5 Å². The van der Waals surface area contributed by atoms with Crippen LogP contribution >= 0.6 is 0 Å². The predicted molar refractivity (Wildman–Crippen MR) is 77.3 cm³/mol. The fourth-order valence-electron chi connectivity index (χ4n) is 2.23. The van der Waals surface area contributed by atoms with Crippen LogP contribution in [0.5, 0.6) is 0 Å². The molecule has 20 heavy (non-hydrogen) atoms. The Morgan fingerprint density at radius 3 is 2.80 bits per heavy atom. The van der Waals surface area contributed by atoms with Crippen molar-refractivity contribution in [1.82, 2.24) is 19.5 Å². The number of nitrogens with zero attached hydrogens (tertiary/aromatic N) is 4. The third kappa shape index (κ3) is 2.40. The topological polar surface area (TPSA) is 52.8 Å². The van der Waals surface area contributed by atoms with E-state index in [1.807, 2.05) is 30.3 Å². The highest BCUT2D eigenvalue weighted by Crippen LogP contribution is 2.22. The highest BCUT2D eigenvalue weighted by molar-refractivity contribution is 5.76. The monoisotopic (exact) mass is 268 g/mol. The summed E-state index contributed by atoms with van der Waals surface area (Å²) < 4.78 is 7.24. The van der Waals surface area contributed by atoms with E-state index in [4.69, 9.17) is 4.74 Å². The molecule has 0 bridgehead atoms. The Morgan fingerprint density at radius 1 is 1.10 bits per heavy atom. The maximum absolute atomic E-state index is 5.13. The van der Waals surface area contributed by atoms with Crippen LogP contribution in [0.15, 0.2) is 42.7 Å². The number of ether oxygens (including phenoxy) is 1. The van der Waals surface area contributed by atoms with Crippen LogP contribution in [0.4, 0.5) is 0 Å². The van der Waals surface area contributed by atoms with Crippen LogP contribution in [0.3, 0.4) is 0 Å². The van der Waals surface area contributed by atoms with Crippen LogP contribution < -0.4 is 0 Å². The van der Waals surface area contributed by atoms with Crippen molar-refractivity contribution in [3.05, 3.63) is 42.7 Å². The molecule has 3 aromatic rings. The van der Waals surface area contributed by atoms with Crippen LogP contribution in [0.2, 0.25) is 0 Å². The molecule has 0 fully saturated rings. The van der Waals surface area contributed by atoms with Gasteiger partial charge in [-0.05, 0) is 30.7 Å². The van der Waals surface area contributed by atoms with Gasteiger partial charge < -0.3 is 9.30 Å². The number of pyridine rings is 2. The Kier molecular flexibility index (Phi) is 3.69. The SMILES string of the molecule is COCCCn1c(-c2ccccn2)nc2cccnc21. The number of hydrogen-bond donors (Lipinski definition) is 0. The first-order valence-electron chi connectivity index (χ1n) is 6.62. The first kappa shape index (κ1) is 12.7. The van der Waals surface area contributed by atoms with Gasteiger partial charge in [-0.2, -0.15) is 0 Å². The van der Waals surface area contributed by atoms with Gasteiger partial charge in [-0.3, -0.25) is 4.98 Å². The molecular formula is C15H16N4O. The van der Waals surface area contributed by atoms with Crippen molar-refractivity contribution in [2.75, 3.05) is 13.7 Å². The second-order valence-electron chi connectivity index (χ2n) is 4.49. The Hall–Kier alpha value is -2.27. The molecule has 3 rings (SSSR count). The number of fused-ring (bicyclic) bond motifs is 1. The van der Waals surface area contributed by atoms with E-state index in [0.717, 1.165) is 35.6 Å². The van der Waals surface area contributed by atoms with Crippen LogP contribution in [0.1, 0.15) is 6.42 Å². The van der Waals surface area contributed by atoms with Crippen molar-refractivity contribution in [1.29, 1.82) is 0 Å². The summed E-state index contributed by atoms with van der Waals surface area (Å²) in [5, 5.41) is 0. The molecule has 0 saturated carbocycles. The zero-order valence-corrected chi connectivity index (χ0v) is 11.4. The predicted octanol–water partition coefficient (Wildman–Crippen LogP) is 2.53. The van der Waals surface area contributed by atoms with Crippen LogP contribution in [0.25, 0.3) is 22.7 Å². The molecule has 0 atom stereocenters. The fraction of sp³-hybridized carbons (Fsp3) is 0.267. The molecule has 0 aromatic carbocycles. The van der Waals surface area contributed by atoms with Gasteiger partial charge in [0, 0.05) is 32.7 Å². The second-order valence-corrected chi connectivity index (χ2v) is 4.49. The number of aryl methyl sites for hydroxylation is 1. The average Bonchev–Trinajstić information content (AvgIpc) is 2.87. The summed E-state index contributed by atoms with van der Waals surface area (Å²) >= 11 is 0. The number of methoxy groups -OCH3 is 1. The second kappa shape index (κ2) is 5.79. The van der Waals surface area contributed by atoms with Gasteiger partial charge in [0.2, 0.25) is 0 Å². The molecule has 3 heterocycles. The van der Waals surface area contributed by atoms with Gasteiger partial charge in [-0.15, -0.1) is 0 Å². The van der Waals surface area contributed by atoms with Crippen LogP contribution in [0, 0.1) is 0 Å². The summed E-state index contributed by atoms with van der Waals surface area (Å²) in [5.74, 6) is 0.857. The molecule has 5 heteroatoms. The molecular weight excluding hydrogens is 252 g/mol. The standard InChI is InChI=1S/C15H16N4O/c1-20-11-5-10-19-14-13(7-4-9-17-14)18-15(19)12-6-2-3-8-16-12/h2-4,6-9H,5,10-11H2,1H3. The number of hydrogen-bond acceptors (Lipinski definition) is 4. The zero-order valence-electron chi connectivity index (χ0n) is 11.4. The lowest BCUT2D eigenvalue weighted by atomic mass is 10.3. The summed E-state index contributed by atoms with van der Waals surface area (Å²) in [6.45, 7) is 1.53. The molecule has 5 nitrogen and oxygen atoms in total. The first-order chi connectivity index (χ1) is 9.90. The lowest BCUT2D eigenvalue weighted by molar-refractivity contribution is 0.190. The molecule has 102 valence electrons. The minimum Gasteiger partial charge on any atom is -0.385 e. The van der Waals surface area contributed by atoms with E-state index in [1.165, 1.54) is 0 Å². The van der Waals surface area contributed by atoms with Gasteiger partial charge in [-0.25, -0.2) is 9.97 Å². The fourth-order valence-corrected chi connectivity index (χ4v) is 2.23. The lowest BCUT2D eigenvalue weighted by Crippen LogP contribution is -2.05. The normalized spacial score (nSPS) is 11.1. The Labute approximate surface area is 117 Å². The lowest BCUT2D eigenvalue weighted by Gasteiger charge is -2.07. The molecule has 0 unspecified atom stereocenters. The molecule has 0 N–H and O–H groups in total. The van der Waals surface area contributed by atoms with E-state index < -0.39 is 0 Å². The zero-order chi connectivity index (χ0) is 13.8. The molecule has 0 aliphatic carbocycles. The number of imidazole rings is 1. The Morgan fingerprint density at radius 2 is 2.00 bits per heavy atom. The van der Waals surface area contributed by atoms with Crippen molar-refractivity contribution >= 4 is 11.2 Å². The van der Waals surface area contributed by atoms with Crippen LogP contribution in [-0.4, -0.2) is 33.2 Å². The summed E-state index contributed by atoms with van der Waals surface area (Å²) in [5.41, 5.74) is 2.65. The minimum absolute atomic E-state index is 0.716. The summed E-state index contributed by atoms with van der Waals surface area (Å²) in [7, 11) is 1.71. The van der Waals surface area contributed by atoms with Crippen LogP contribution in [-0.2, 0) is 11.3 Å². The number of aromatic nitrogens is 4. The van der Waals surface area contributed by atoms with Crippen molar-refractivity contribution in [3.8, 4) is 11.5 Å². The van der Waals surface area contributed by atoms with Gasteiger partial charge in [0.15, 0.2) is 11.5 Å². The van der Waals surface area contributed by atoms with Gasteiger partial charge >= 0.3 is 0 Å². The molecule has 0 amide bonds. The third-order valence-corrected chi connectivity index (χ3v) is 3.13. The van der Waals surface area contributed by atoms with Crippen molar-refractivity contribution < 1.29 is 4.74 Å². The average molecular weight is 268 g/mol. The van der Waals surface area contributed by atoms with Crippen molar-refractivity contribution in [3.63, 3.8) is 0 Å². The third-order valence-electron chi connectivity index (χ3n) is 3.13. The van der Waals surface area contributed by atoms with E-state index in [1.54, 1.807) is 19.5 Å². The Balaban J connectivity index is 2.08. The number of rotatable bonds is 5. The van der Waals surface area contributed by atoms with E-state index in [-0.39, 0.29) is 0 Å². The molecule has 0 radical (unpaired) electrons. The summed E-state index contributed by atoms with van der Waals surface area (Å²) in [6, 6.07) is 9.71. The first-order valence-corrected chi connectivity index (χ1v) is 6.62. The maximum atomic E-state index is 5.13. The Bertz CT molecular complexity index is 693. The van der Waals surface area contributed by atoms with Crippen molar-refractivity contribution in [2.45, 2.75) is 13.0 Å². The highest BCUT2D eigenvalue weighted by atomic mass is 16.5. The van der Waals surface area contributed by atoms with Gasteiger partial charge in [0.05, 0.1) is 0 Å².